The minimum absolute atomic E-state index is 0.123. The third-order valence-corrected chi connectivity index (χ3v) is 4.09. The number of fused-ring (bicyclic) bond motifs is 1. The molecule has 0 unspecified atom stereocenters. The summed E-state index contributed by atoms with van der Waals surface area (Å²) in [6.07, 6.45) is -0.593. The number of rotatable bonds is 3. The van der Waals surface area contributed by atoms with Gasteiger partial charge < -0.3 is 14.5 Å². The summed E-state index contributed by atoms with van der Waals surface area (Å²) in [5.41, 5.74) is 1.86. The Morgan fingerprint density at radius 2 is 1.93 bits per heavy atom. The number of anilines is 1. The Labute approximate surface area is 162 Å². The van der Waals surface area contributed by atoms with Gasteiger partial charge in [-0.25, -0.2) is 9.78 Å². The molecule has 0 fully saturated rings. The second kappa shape index (κ2) is 7.34. The van der Waals surface area contributed by atoms with Crippen molar-refractivity contribution in [3.05, 3.63) is 52.2 Å². The predicted octanol–water partition coefficient (Wildman–Crippen LogP) is 4.25. The van der Waals surface area contributed by atoms with Crippen LogP contribution in [0.5, 0.6) is 5.75 Å². The molecule has 146 valence electrons. The number of aryl methyl sites for hydroxylation is 1. The molecule has 1 amide bonds. The summed E-state index contributed by atoms with van der Waals surface area (Å²) in [4.78, 5) is 32.2. The molecule has 28 heavy (non-hydrogen) atoms. The number of pyridine rings is 2. The van der Waals surface area contributed by atoms with Crippen molar-refractivity contribution in [3.63, 3.8) is 0 Å². The first-order chi connectivity index (χ1) is 13.2. The minimum Gasteiger partial charge on any atom is -0.496 e. The van der Waals surface area contributed by atoms with Gasteiger partial charge in [0, 0.05) is 17.0 Å². The molecule has 3 aromatic rings. The summed E-state index contributed by atoms with van der Waals surface area (Å²) in [5.74, 6) is 1.02. The number of aromatic amines is 1. The number of aromatic nitrogens is 2. The van der Waals surface area contributed by atoms with E-state index in [4.69, 9.17) is 9.47 Å². The summed E-state index contributed by atoms with van der Waals surface area (Å²) in [7, 11) is 1.59. The standard InChI is InChI=1S/C21H23N3O4/c1-12-17(27-5)10-9-13-16(25)11-15(23-19(12)13)14-7-6-8-18(22-14)24-20(26)28-21(2,3)4/h6-11H,1-5H3,(H,23,25)(H,22,24,26). The zero-order valence-electron chi connectivity index (χ0n) is 16.5. The van der Waals surface area contributed by atoms with Gasteiger partial charge in [0.15, 0.2) is 5.43 Å². The molecule has 0 radical (unpaired) electrons. The fourth-order valence-electron chi connectivity index (χ4n) is 2.86. The number of ether oxygens (including phenoxy) is 2. The van der Waals surface area contributed by atoms with Crippen molar-refractivity contribution in [1.82, 2.24) is 9.97 Å². The molecule has 0 bridgehead atoms. The van der Waals surface area contributed by atoms with Crippen molar-refractivity contribution in [3.8, 4) is 17.1 Å². The zero-order valence-corrected chi connectivity index (χ0v) is 16.5. The lowest BCUT2D eigenvalue weighted by molar-refractivity contribution is 0.0635. The second-order valence-corrected chi connectivity index (χ2v) is 7.40. The highest BCUT2D eigenvalue weighted by atomic mass is 16.6. The Kier molecular flexibility index (Phi) is 5.09. The van der Waals surface area contributed by atoms with Crippen LogP contribution in [0.3, 0.4) is 0 Å². The number of carbonyl (C=O) groups is 1. The van der Waals surface area contributed by atoms with Gasteiger partial charge in [-0.05, 0) is 52.0 Å². The van der Waals surface area contributed by atoms with E-state index in [9.17, 15) is 9.59 Å². The molecule has 0 atom stereocenters. The highest BCUT2D eigenvalue weighted by Gasteiger charge is 2.17. The number of benzene rings is 1. The molecule has 7 nitrogen and oxygen atoms in total. The molecule has 7 heteroatoms. The Bertz CT molecular complexity index is 1100. The SMILES string of the molecule is COc1ccc2c(=O)cc(-c3cccc(NC(=O)OC(C)(C)C)n3)[nH]c2c1C. The molecular weight excluding hydrogens is 358 g/mol. The van der Waals surface area contributed by atoms with Crippen LogP contribution in [0.25, 0.3) is 22.3 Å². The van der Waals surface area contributed by atoms with E-state index in [2.05, 4.69) is 15.3 Å². The van der Waals surface area contributed by atoms with E-state index in [1.807, 2.05) is 6.92 Å². The van der Waals surface area contributed by atoms with E-state index in [1.54, 1.807) is 58.2 Å². The maximum Gasteiger partial charge on any atom is 0.413 e. The Morgan fingerprint density at radius 1 is 1.18 bits per heavy atom. The van der Waals surface area contributed by atoms with Crippen LogP contribution in [-0.2, 0) is 4.74 Å². The first kappa shape index (κ1) is 19.4. The van der Waals surface area contributed by atoms with Gasteiger partial charge in [0.05, 0.1) is 24.0 Å². The molecule has 0 aliphatic heterocycles. The number of methoxy groups -OCH3 is 1. The number of amides is 1. The van der Waals surface area contributed by atoms with Crippen LogP contribution in [-0.4, -0.2) is 28.8 Å². The molecule has 1 aromatic carbocycles. The lowest BCUT2D eigenvalue weighted by Crippen LogP contribution is -2.27. The third kappa shape index (κ3) is 4.14. The smallest absolute Gasteiger partial charge is 0.413 e. The average molecular weight is 381 g/mol. The molecule has 2 heterocycles. The van der Waals surface area contributed by atoms with Crippen LogP contribution in [0.4, 0.5) is 10.6 Å². The topological polar surface area (TPSA) is 93.3 Å². The Balaban J connectivity index is 2.00. The monoisotopic (exact) mass is 381 g/mol. The first-order valence-electron chi connectivity index (χ1n) is 8.86. The van der Waals surface area contributed by atoms with E-state index >= 15 is 0 Å². The van der Waals surface area contributed by atoms with E-state index < -0.39 is 11.7 Å². The number of hydrogen-bond acceptors (Lipinski definition) is 5. The van der Waals surface area contributed by atoms with E-state index in [-0.39, 0.29) is 5.43 Å². The van der Waals surface area contributed by atoms with E-state index in [1.165, 1.54) is 6.07 Å². The van der Waals surface area contributed by atoms with Gasteiger partial charge in [0.2, 0.25) is 0 Å². The maximum absolute atomic E-state index is 12.6. The molecule has 2 aromatic heterocycles. The number of nitrogens with zero attached hydrogens (tertiary/aromatic N) is 1. The third-order valence-electron chi connectivity index (χ3n) is 4.09. The van der Waals surface area contributed by atoms with Crippen LogP contribution in [0.2, 0.25) is 0 Å². The highest BCUT2D eigenvalue weighted by Crippen LogP contribution is 2.26. The number of nitrogens with one attached hydrogen (secondary N) is 2. The van der Waals surface area contributed by atoms with Crippen molar-refractivity contribution in [1.29, 1.82) is 0 Å². The van der Waals surface area contributed by atoms with Gasteiger partial charge >= 0.3 is 6.09 Å². The van der Waals surface area contributed by atoms with Gasteiger partial charge in [-0.15, -0.1) is 0 Å². The summed E-state index contributed by atoms with van der Waals surface area (Å²) in [5, 5.41) is 3.18. The van der Waals surface area contributed by atoms with Crippen LogP contribution < -0.4 is 15.5 Å². The van der Waals surface area contributed by atoms with Crippen LogP contribution in [0.15, 0.2) is 41.2 Å². The van der Waals surface area contributed by atoms with Gasteiger partial charge in [0.1, 0.15) is 17.2 Å². The van der Waals surface area contributed by atoms with E-state index in [0.29, 0.717) is 33.9 Å². The van der Waals surface area contributed by atoms with Gasteiger partial charge in [-0.2, -0.15) is 0 Å². The Hall–Kier alpha value is -3.35. The Morgan fingerprint density at radius 3 is 2.61 bits per heavy atom. The summed E-state index contributed by atoms with van der Waals surface area (Å²) >= 11 is 0. The number of hydrogen-bond donors (Lipinski definition) is 2. The minimum atomic E-state index is -0.609. The van der Waals surface area contributed by atoms with Gasteiger partial charge in [-0.1, -0.05) is 6.07 Å². The normalized spacial score (nSPS) is 11.3. The molecule has 2 N–H and O–H groups in total. The zero-order chi connectivity index (χ0) is 20.5. The largest absolute Gasteiger partial charge is 0.496 e. The lowest BCUT2D eigenvalue weighted by atomic mass is 10.1. The van der Waals surface area contributed by atoms with Gasteiger partial charge in [-0.3, -0.25) is 10.1 Å². The van der Waals surface area contributed by atoms with Crippen molar-refractivity contribution in [2.75, 3.05) is 12.4 Å². The first-order valence-corrected chi connectivity index (χ1v) is 8.86. The quantitative estimate of drug-likeness (QED) is 0.707. The van der Waals surface area contributed by atoms with E-state index in [0.717, 1.165) is 5.56 Å². The molecule has 0 spiro atoms. The summed E-state index contributed by atoms with van der Waals surface area (Å²) in [6.45, 7) is 7.24. The summed E-state index contributed by atoms with van der Waals surface area (Å²) in [6, 6.07) is 10.2. The maximum atomic E-state index is 12.6. The summed E-state index contributed by atoms with van der Waals surface area (Å²) < 4.78 is 10.6. The van der Waals surface area contributed by atoms with Crippen molar-refractivity contribution in [2.24, 2.45) is 0 Å². The molecule has 0 aliphatic carbocycles. The molecular formula is C21H23N3O4. The number of carbonyl (C=O) groups excluding carboxylic acids is 1. The van der Waals surface area contributed by atoms with Crippen molar-refractivity contribution >= 4 is 22.8 Å². The van der Waals surface area contributed by atoms with Gasteiger partial charge in [0.25, 0.3) is 0 Å². The molecule has 3 rings (SSSR count). The lowest BCUT2D eigenvalue weighted by Gasteiger charge is -2.19. The van der Waals surface area contributed by atoms with Crippen LogP contribution in [0.1, 0.15) is 26.3 Å². The second-order valence-electron chi connectivity index (χ2n) is 7.40. The van der Waals surface area contributed by atoms with Crippen LogP contribution >= 0.6 is 0 Å². The fourth-order valence-corrected chi connectivity index (χ4v) is 2.86. The predicted molar refractivity (Wildman–Crippen MR) is 109 cm³/mol. The highest BCUT2D eigenvalue weighted by molar-refractivity contribution is 5.86. The fraction of sp³-hybridized carbons (Fsp3) is 0.286. The number of H-pyrrole nitrogens is 1. The van der Waals surface area contributed by atoms with Crippen molar-refractivity contribution in [2.45, 2.75) is 33.3 Å². The molecule has 0 saturated carbocycles. The molecule has 0 saturated heterocycles. The molecule has 0 aliphatic rings. The van der Waals surface area contributed by atoms with Crippen LogP contribution in [0, 0.1) is 6.92 Å². The van der Waals surface area contributed by atoms with Crippen molar-refractivity contribution < 1.29 is 14.3 Å². The average Bonchev–Trinajstić information content (AvgIpc) is 2.61.